The second-order valence-electron chi connectivity index (χ2n) is 4.48. The van der Waals surface area contributed by atoms with Crippen molar-refractivity contribution in [1.29, 1.82) is 0 Å². The van der Waals surface area contributed by atoms with Crippen LogP contribution in [0.2, 0.25) is 0 Å². The molecule has 7 heteroatoms. The van der Waals surface area contributed by atoms with Crippen LogP contribution >= 0.6 is 0 Å². The van der Waals surface area contributed by atoms with Crippen molar-refractivity contribution in [3.05, 3.63) is 48.5 Å². The molecule has 21 heavy (non-hydrogen) atoms. The standard InChI is InChI=1S/C14H11BFN5/c1-21-14(19-13(15)20-21)18-10-4-2-9(3-5-10)11-6-7-17-8-12(11)16/h2-8H,1H3,(H,18,19,20). The molecule has 0 unspecified atom stereocenters. The average Bonchev–Trinajstić information content (AvgIpc) is 2.78. The number of nitrogens with zero attached hydrogens (tertiary/aromatic N) is 4. The van der Waals surface area contributed by atoms with Crippen molar-refractivity contribution in [3.8, 4) is 11.1 Å². The molecule has 5 nitrogen and oxygen atoms in total. The summed E-state index contributed by atoms with van der Waals surface area (Å²) in [5.41, 5.74) is 2.30. The lowest BCUT2D eigenvalue weighted by Crippen LogP contribution is -2.07. The molecule has 1 aromatic carbocycles. The Bertz CT molecular complexity index is 769. The smallest absolute Gasteiger partial charge is 0.224 e. The molecule has 2 heterocycles. The minimum Gasteiger partial charge on any atom is -0.324 e. The summed E-state index contributed by atoms with van der Waals surface area (Å²) in [4.78, 5) is 7.79. The number of benzene rings is 1. The first-order valence-corrected chi connectivity index (χ1v) is 6.27. The fourth-order valence-corrected chi connectivity index (χ4v) is 1.98. The number of rotatable bonds is 3. The maximum Gasteiger partial charge on any atom is 0.224 e. The van der Waals surface area contributed by atoms with Crippen molar-refractivity contribution in [2.24, 2.45) is 7.05 Å². The van der Waals surface area contributed by atoms with Gasteiger partial charge in [0.25, 0.3) is 0 Å². The van der Waals surface area contributed by atoms with E-state index >= 15 is 0 Å². The van der Waals surface area contributed by atoms with Crippen LogP contribution in [0.5, 0.6) is 0 Å². The fourth-order valence-electron chi connectivity index (χ4n) is 1.98. The Morgan fingerprint density at radius 1 is 1.19 bits per heavy atom. The summed E-state index contributed by atoms with van der Waals surface area (Å²) >= 11 is 0. The Morgan fingerprint density at radius 3 is 2.57 bits per heavy atom. The average molecular weight is 279 g/mol. The first-order valence-electron chi connectivity index (χ1n) is 6.27. The zero-order valence-electron chi connectivity index (χ0n) is 11.3. The van der Waals surface area contributed by atoms with Crippen LogP contribution in [-0.4, -0.2) is 27.6 Å². The van der Waals surface area contributed by atoms with E-state index < -0.39 is 0 Å². The predicted octanol–water partition coefficient (Wildman–Crippen LogP) is 1.55. The fraction of sp³-hybridized carbons (Fsp3) is 0.0714. The van der Waals surface area contributed by atoms with E-state index in [9.17, 15) is 4.39 Å². The molecule has 2 radical (unpaired) electrons. The van der Waals surface area contributed by atoms with E-state index in [1.165, 1.54) is 6.20 Å². The second-order valence-corrected chi connectivity index (χ2v) is 4.48. The highest BCUT2D eigenvalue weighted by molar-refractivity contribution is 6.29. The van der Waals surface area contributed by atoms with Crippen LogP contribution in [0.25, 0.3) is 11.1 Å². The van der Waals surface area contributed by atoms with Crippen molar-refractivity contribution in [2.45, 2.75) is 0 Å². The monoisotopic (exact) mass is 279 g/mol. The van der Waals surface area contributed by atoms with E-state index in [4.69, 9.17) is 7.85 Å². The van der Waals surface area contributed by atoms with Gasteiger partial charge in [0, 0.05) is 24.5 Å². The van der Waals surface area contributed by atoms with Crippen molar-refractivity contribution in [2.75, 3.05) is 5.32 Å². The van der Waals surface area contributed by atoms with E-state index in [1.54, 1.807) is 24.0 Å². The summed E-state index contributed by atoms with van der Waals surface area (Å²) in [6, 6.07) is 8.95. The quantitative estimate of drug-likeness (QED) is 0.739. The number of nitrogens with one attached hydrogen (secondary N) is 1. The molecule has 102 valence electrons. The van der Waals surface area contributed by atoms with E-state index in [0.29, 0.717) is 11.5 Å². The molecule has 3 aromatic rings. The summed E-state index contributed by atoms with van der Waals surface area (Å²) < 4.78 is 15.2. The highest BCUT2D eigenvalue weighted by Crippen LogP contribution is 2.24. The maximum absolute atomic E-state index is 13.7. The predicted molar refractivity (Wildman–Crippen MR) is 79.3 cm³/mol. The lowest BCUT2D eigenvalue weighted by Gasteiger charge is -2.07. The first kappa shape index (κ1) is 13.3. The van der Waals surface area contributed by atoms with Gasteiger partial charge in [0.2, 0.25) is 5.95 Å². The molecule has 0 aliphatic heterocycles. The first-order chi connectivity index (χ1) is 10.1. The Balaban J connectivity index is 1.85. The minimum atomic E-state index is -0.348. The van der Waals surface area contributed by atoms with E-state index in [-0.39, 0.29) is 11.5 Å². The SMILES string of the molecule is [B]c1nc(Nc2ccc(-c3ccncc3F)cc2)n(C)n1. The zero-order valence-corrected chi connectivity index (χ0v) is 11.3. The molecule has 0 aliphatic carbocycles. The molecule has 0 atom stereocenters. The lowest BCUT2D eigenvalue weighted by atomic mass is 10.1. The molecule has 3 rings (SSSR count). The van der Waals surface area contributed by atoms with Crippen molar-refractivity contribution < 1.29 is 4.39 Å². The molecule has 1 N–H and O–H groups in total. The molecular formula is C14H11BFN5. The minimum absolute atomic E-state index is 0.204. The molecule has 0 amide bonds. The Kier molecular flexibility index (Phi) is 3.39. The van der Waals surface area contributed by atoms with Gasteiger partial charge < -0.3 is 5.32 Å². The summed E-state index contributed by atoms with van der Waals surface area (Å²) in [6.07, 6.45) is 2.76. The van der Waals surface area contributed by atoms with Gasteiger partial charge in [-0.05, 0) is 23.8 Å². The van der Waals surface area contributed by atoms with Crippen molar-refractivity contribution >= 4 is 25.2 Å². The number of pyridine rings is 1. The van der Waals surface area contributed by atoms with E-state index in [1.807, 2.05) is 24.3 Å². The lowest BCUT2D eigenvalue weighted by molar-refractivity contribution is 0.625. The largest absolute Gasteiger partial charge is 0.324 e. The topological polar surface area (TPSA) is 55.6 Å². The van der Waals surface area contributed by atoms with Crippen LogP contribution in [0.4, 0.5) is 16.0 Å². The van der Waals surface area contributed by atoms with Gasteiger partial charge in [0.15, 0.2) is 7.85 Å². The summed E-state index contributed by atoms with van der Waals surface area (Å²) in [5.74, 6) is 0.189. The number of halogens is 1. The van der Waals surface area contributed by atoms with Crippen LogP contribution in [0.1, 0.15) is 0 Å². The van der Waals surface area contributed by atoms with Crippen LogP contribution in [0.15, 0.2) is 42.7 Å². The van der Waals surface area contributed by atoms with Gasteiger partial charge in [-0.3, -0.25) is 4.98 Å². The number of anilines is 2. The van der Waals surface area contributed by atoms with E-state index in [0.717, 1.165) is 11.3 Å². The molecule has 0 aliphatic rings. The number of hydrogen-bond acceptors (Lipinski definition) is 4. The molecular weight excluding hydrogens is 268 g/mol. The molecule has 0 fully saturated rings. The van der Waals surface area contributed by atoms with Crippen molar-refractivity contribution in [3.63, 3.8) is 0 Å². The maximum atomic E-state index is 13.7. The van der Waals surface area contributed by atoms with Gasteiger partial charge in [0.05, 0.1) is 11.9 Å². The highest BCUT2D eigenvalue weighted by Gasteiger charge is 2.06. The van der Waals surface area contributed by atoms with E-state index in [2.05, 4.69) is 20.4 Å². The molecule has 2 aromatic heterocycles. The van der Waals surface area contributed by atoms with Gasteiger partial charge in [-0.2, -0.15) is 5.10 Å². The molecule has 0 spiro atoms. The molecule has 0 saturated heterocycles. The highest BCUT2D eigenvalue weighted by atomic mass is 19.1. The third kappa shape index (κ3) is 2.76. The van der Waals surface area contributed by atoms with Crippen LogP contribution in [-0.2, 0) is 7.05 Å². The summed E-state index contributed by atoms with van der Waals surface area (Å²) in [6.45, 7) is 0. The van der Waals surface area contributed by atoms with Gasteiger partial charge in [0.1, 0.15) is 5.82 Å². The Hall–Kier alpha value is -2.70. The molecule has 0 bridgehead atoms. The van der Waals surface area contributed by atoms with Gasteiger partial charge in [-0.1, -0.05) is 12.1 Å². The summed E-state index contributed by atoms with van der Waals surface area (Å²) in [5, 5.41) is 7.04. The second kappa shape index (κ2) is 5.36. The Morgan fingerprint density at radius 2 is 1.95 bits per heavy atom. The number of aryl methyl sites for hydroxylation is 1. The summed E-state index contributed by atoms with van der Waals surface area (Å²) in [7, 11) is 7.26. The number of hydrogen-bond donors (Lipinski definition) is 1. The van der Waals surface area contributed by atoms with Crippen LogP contribution in [0, 0.1) is 5.82 Å². The van der Waals surface area contributed by atoms with Gasteiger partial charge >= 0.3 is 0 Å². The van der Waals surface area contributed by atoms with Crippen LogP contribution < -0.4 is 11.0 Å². The normalized spacial score (nSPS) is 10.6. The van der Waals surface area contributed by atoms with Crippen LogP contribution in [0.3, 0.4) is 0 Å². The van der Waals surface area contributed by atoms with Gasteiger partial charge in [-0.25, -0.2) is 14.1 Å². The third-order valence-corrected chi connectivity index (χ3v) is 3.00. The van der Waals surface area contributed by atoms with Crippen molar-refractivity contribution in [1.82, 2.24) is 19.7 Å². The number of aromatic nitrogens is 4. The third-order valence-electron chi connectivity index (χ3n) is 3.00. The van der Waals surface area contributed by atoms with Gasteiger partial charge in [-0.15, -0.1) is 0 Å². The Labute approximate surface area is 122 Å². The zero-order chi connectivity index (χ0) is 14.8. The molecule has 0 saturated carbocycles.